The van der Waals surface area contributed by atoms with Gasteiger partial charge >= 0.3 is 5.97 Å². The molecule has 1 aromatic carbocycles. The third-order valence-electron chi connectivity index (χ3n) is 3.42. The fourth-order valence-electron chi connectivity index (χ4n) is 2.32. The molecule has 0 aliphatic carbocycles. The minimum Gasteiger partial charge on any atom is -0.382 e. The topological polar surface area (TPSA) is 47.6 Å². The molecule has 0 aromatic heterocycles. The summed E-state index contributed by atoms with van der Waals surface area (Å²) in [5.74, 6) is -0.365. The zero-order valence-electron chi connectivity index (χ0n) is 11.2. The summed E-state index contributed by atoms with van der Waals surface area (Å²) in [4.78, 5) is 11.7. The van der Waals surface area contributed by atoms with Gasteiger partial charge in [0.1, 0.15) is 0 Å². The summed E-state index contributed by atoms with van der Waals surface area (Å²) >= 11 is 2.75. The minimum atomic E-state index is -0.365. The fourth-order valence-corrected chi connectivity index (χ4v) is 2.50. The van der Waals surface area contributed by atoms with E-state index in [9.17, 15) is 4.79 Å². The largest absolute Gasteiger partial charge is 0.382 e. The molecule has 0 radical (unpaired) electrons. The maximum atomic E-state index is 11.7. The molecule has 2 rings (SSSR count). The molecule has 1 aliphatic rings. The molecule has 1 aromatic rings. The molecular weight excluding hydrogens is 310 g/mol. The molecule has 1 saturated heterocycles. The van der Waals surface area contributed by atoms with Crippen molar-refractivity contribution in [3.63, 3.8) is 0 Å². The maximum Gasteiger partial charge on any atom is 0.349 e. The van der Waals surface area contributed by atoms with Crippen molar-refractivity contribution in [1.29, 1.82) is 0 Å². The van der Waals surface area contributed by atoms with E-state index < -0.39 is 0 Å². The Hall–Kier alpha value is -1.07. The average Bonchev–Trinajstić information content (AvgIpc) is 2.42. The minimum absolute atomic E-state index is 0.365. The predicted molar refractivity (Wildman–Crippen MR) is 77.7 cm³/mol. The number of carbonyl (C=O) groups is 1. The van der Waals surface area contributed by atoms with Gasteiger partial charge in [-0.3, -0.25) is 0 Å². The van der Waals surface area contributed by atoms with E-state index in [1.54, 1.807) is 0 Å². The Bertz CT molecular complexity index is 470. The van der Waals surface area contributed by atoms with Crippen LogP contribution < -0.4 is 5.32 Å². The molecule has 0 bridgehead atoms. The fraction of sp³-hybridized carbons (Fsp3) is 0.500. The van der Waals surface area contributed by atoms with Crippen LogP contribution in [-0.2, 0) is 8.57 Å². The molecule has 1 heterocycles. The molecule has 1 fully saturated rings. The summed E-state index contributed by atoms with van der Waals surface area (Å²) in [5.41, 5.74) is 3.54. The van der Waals surface area contributed by atoms with Crippen LogP contribution in [0.25, 0.3) is 0 Å². The van der Waals surface area contributed by atoms with E-state index in [2.05, 4.69) is 31.5 Å². The number of hydrogen-bond acceptors (Lipinski definition) is 4. The second kappa shape index (κ2) is 6.39. The van der Waals surface area contributed by atoms with Crippen molar-refractivity contribution < 1.29 is 13.4 Å². The van der Waals surface area contributed by atoms with Crippen molar-refractivity contribution >= 4 is 27.9 Å². The molecule has 104 valence electrons. The Labute approximate surface area is 121 Å². The molecule has 5 heteroatoms. The van der Waals surface area contributed by atoms with E-state index in [4.69, 9.17) is 4.74 Å². The number of halogens is 1. The van der Waals surface area contributed by atoms with Crippen molar-refractivity contribution in [2.75, 3.05) is 18.5 Å². The number of rotatable bonds is 3. The quantitative estimate of drug-likeness (QED) is 0.924. The first-order valence-electron chi connectivity index (χ1n) is 6.40. The zero-order valence-corrected chi connectivity index (χ0v) is 12.7. The van der Waals surface area contributed by atoms with E-state index in [-0.39, 0.29) is 5.97 Å². The van der Waals surface area contributed by atoms with E-state index in [1.807, 2.05) is 19.9 Å². The van der Waals surface area contributed by atoms with E-state index in [0.717, 1.165) is 42.9 Å². The van der Waals surface area contributed by atoms with Crippen molar-refractivity contribution in [2.45, 2.75) is 32.7 Å². The molecular formula is C14H18BrNO3. The monoisotopic (exact) mass is 327 g/mol. The van der Waals surface area contributed by atoms with Crippen LogP contribution in [0.4, 0.5) is 5.69 Å². The van der Waals surface area contributed by atoms with Crippen molar-refractivity contribution in [3.8, 4) is 0 Å². The van der Waals surface area contributed by atoms with Crippen LogP contribution in [0.3, 0.4) is 0 Å². The molecule has 0 atom stereocenters. The van der Waals surface area contributed by atoms with Crippen LogP contribution in [0, 0.1) is 13.8 Å². The molecule has 1 N–H and O–H groups in total. The normalized spacial score (nSPS) is 16.2. The standard InChI is InChI=1S/C14H18BrNO3/c1-9-7-12(14(17)19-15)10(2)13(8-9)16-11-3-5-18-6-4-11/h7-8,11,16H,3-6H2,1-2H3. The van der Waals surface area contributed by atoms with E-state index >= 15 is 0 Å². The highest BCUT2D eigenvalue weighted by molar-refractivity contribution is 9.06. The average molecular weight is 328 g/mol. The first kappa shape index (κ1) is 14.3. The first-order chi connectivity index (χ1) is 9.11. The lowest BCUT2D eigenvalue weighted by Crippen LogP contribution is -2.28. The molecule has 4 nitrogen and oxygen atoms in total. The Balaban J connectivity index is 2.24. The van der Waals surface area contributed by atoms with Gasteiger partial charge in [0.25, 0.3) is 0 Å². The first-order valence-corrected chi connectivity index (χ1v) is 7.05. The third kappa shape index (κ3) is 3.48. The SMILES string of the molecule is Cc1cc(NC2CCOCC2)c(C)c(C(=O)OBr)c1. The van der Waals surface area contributed by atoms with Gasteiger partial charge in [-0.2, -0.15) is 0 Å². The van der Waals surface area contributed by atoms with Gasteiger partial charge in [0.15, 0.2) is 16.3 Å². The number of nitrogens with one attached hydrogen (secondary N) is 1. The summed E-state index contributed by atoms with van der Waals surface area (Å²) in [5, 5.41) is 3.51. The lowest BCUT2D eigenvalue weighted by molar-refractivity contribution is 0.0780. The van der Waals surface area contributed by atoms with Crippen molar-refractivity contribution in [3.05, 3.63) is 28.8 Å². The predicted octanol–water partition coefficient (Wildman–Crippen LogP) is 3.36. The lowest BCUT2D eigenvalue weighted by atomic mass is 10.0. The Morgan fingerprint density at radius 1 is 1.37 bits per heavy atom. The number of ether oxygens (including phenoxy) is 1. The molecule has 19 heavy (non-hydrogen) atoms. The van der Waals surface area contributed by atoms with Gasteiger partial charge in [0.05, 0.1) is 5.56 Å². The van der Waals surface area contributed by atoms with Gasteiger partial charge in [-0.05, 0) is 49.9 Å². The van der Waals surface area contributed by atoms with Crippen LogP contribution in [-0.4, -0.2) is 25.2 Å². The number of anilines is 1. The second-order valence-electron chi connectivity index (χ2n) is 4.88. The maximum absolute atomic E-state index is 11.7. The van der Waals surface area contributed by atoms with E-state index in [1.165, 1.54) is 0 Å². The van der Waals surface area contributed by atoms with Gasteiger partial charge in [-0.25, -0.2) is 4.79 Å². The van der Waals surface area contributed by atoms with Crippen LogP contribution in [0.2, 0.25) is 0 Å². The number of carbonyl (C=O) groups excluding carboxylic acids is 1. The van der Waals surface area contributed by atoms with Crippen molar-refractivity contribution in [2.24, 2.45) is 0 Å². The molecule has 0 spiro atoms. The third-order valence-corrected chi connectivity index (χ3v) is 3.72. The Kier molecular flexibility index (Phi) is 4.82. The van der Waals surface area contributed by atoms with Crippen LogP contribution in [0.5, 0.6) is 0 Å². The van der Waals surface area contributed by atoms with Crippen LogP contribution in [0.15, 0.2) is 12.1 Å². The lowest BCUT2D eigenvalue weighted by Gasteiger charge is -2.25. The Morgan fingerprint density at radius 2 is 2.05 bits per heavy atom. The summed E-state index contributed by atoms with van der Waals surface area (Å²) < 4.78 is 9.99. The molecule has 0 unspecified atom stereocenters. The summed E-state index contributed by atoms with van der Waals surface area (Å²) in [7, 11) is 0. The van der Waals surface area contributed by atoms with Gasteiger partial charge in [0, 0.05) is 24.9 Å². The Morgan fingerprint density at radius 3 is 2.68 bits per heavy atom. The number of benzene rings is 1. The van der Waals surface area contributed by atoms with Crippen LogP contribution in [0.1, 0.15) is 34.3 Å². The highest BCUT2D eigenvalue weighted by Gasteiger charge is 2.18. The van der Waals surface area contributed by atoms with Crippen LogP contribution >= 0.6 is 16.3 Å². The molecule has 0 saturated carbocycles. The molecule has 0 amide bonds. The molecule has 1 aliphatic heterocycles. The highest BCUT2D eigenvalue weighted by Crippen LogP contribution is 2.25. The summed E-state index contributed by atoms with van der Waals surface area (Å²) in [6, 6.07) is 4.31. The number of hydrogen-bond donors (Lipinski definition) is 1. The van der Waals surface area contributed by atoms with Gasteiger partial charge in [-0.1, -0.05) is 0 Å². The van der Waals surface area contributed by atoms with Gasteiger partial charge < -0.3 is 13.9 Å². The van der Waals surface area contributed by atoms with Crippen molar-refractivity contribution in [1.82, 2.24) is 0 Å². The summed E-state index contributed by atoms with van der Waals surface area (Å²) in [6.07, 6.45) is 1.98. The smallest absolute Gasteiger partial charge is 0.349 e. The second-order valence-corrected chi connectivity index (χ2v) is 5.20. The van der Waals surface area contributed by atoms with Gasteiger partial charge in [-0.15, -0.1) is 0 Å². The zero-order chi connectivity index (χ0) is 13.8. The van der Waals surface area contributed by atoms with Gasteiger partial charge in [0.2, 0.25) is 0 Å². The number of aryl methyl sites for hydroxylation is 1. The van der Waals surface area contributed by atoms with E-state index in [0.29, 0.717) is 11.6 Å². The summed E-state index contributed by atoms with van der Waals surface area (Å²) in [6.45, 7) is 5.48. The highest BCUT2D eigenvalue weighted by atomic mass is 79.9.